The highest BCUT2D eigenvalue weighted by atomic mass is 16.5. The Hall–Kier alpha value is -4.59. The van der Waals surface area contributed by atoms with Crippen molar-refractivity contribution >= 4 is 28.9 Å². The summed E-state index contributed by atoms with van der Waals surface area (Å²) in [6.07, 6.45) is 0. The van der Waals surface area contributed by atoms with Crippen molar-refractivity contribution in [1.82, 2.24) is 9.97 Å². The van der Waals surface area contributed by atoms with E-state index in [1.807, 2.05) is 0 Å². The fourth-order valence-electron chi connectivity index (χ4n) is 3.49. The van der Waals surface area contributed by atoms with Gasteiger partial charge in [0.2, 0.25) is 0 Å². The molecule has 1 aromatic heterocycles. The molecule has 0 unspecified atom stereocenters. The third-order valence-electron chi connectivity index (χ3n) is 4.88. The maximum Gasteiger partial charge on any atom is 0.337 e. The van der Waals surface area contributed by atoms with Crippen molar-refractivity contribution in [2.45, 2.75) is 13.8 Å². The summed E-state index contributed by atoms with van der Waals surface area (Å²) >= 11 is 0. The number of benzene rings is 3. The summed E-state index contributed by atoms with van der Waals surface area (Å²) in [6, 6.07) is 18.7. The number of carbonyl (C=O) groups is 3. The molecule has 34 heavy (non-hydrogen) atoms. The van der Waals surface area contributed by atoms with Gasteiger partial charge >= 0.3 is 17.9 Å². The first-order valence-electron chi connectivity index (χ1n) is 10.3. The molecule has 0 aliphatic carbocycles. The summed E-state index contributed by atoms with van der Waals surface area (Å²) in [4.78, 5) is 45.1. The average Bonchev–Trinajstić information content (AvgIpc) is 2.82. The quantitative estimate of drug-likeness (QED) is 0.317. The van der Waals surface area contributed by atoms with E-state index in [0.717, 1.165) is 0 Å². The Morgan fingerprint density at radius 2 is 1.18 bits per heavy atom. The number of aromatic nitrogens is 2. The minimum absolute atomic E-state index is 0.291. The van der Waals surface area contributed by atoms with E-state index in [-0.39, 0.29) is 0 Å². The Morgan fingerprint density at radius 1 is 0.676 bits per heavy atom. The average molecular weight is 456 g/mol. The molecular weight excluding hydrogens is 436 g/mol. The maximum atomic E-state index is 12.0. The first-order chi connectivity index (χ1) is 16.4. The van der Waals surface area contributed by atoms with Crippen LogP contribution < -0.4 is 9.47 Å². The summed E-state index contributed by atoms with van der Waals surface area (Å²) in [7, 11) is 1.30. The van der Waals surface area contributed by atoms with Gasteiger partial charge in [-0.25, -0.2) is 14.8 Å². The number of nitrogens with zero attached hydrogens (tertiary/aromatic N) is 2. The Kier molecular flexibility index (Phi) is 6.31. The van der Waals surface area contributed by atoms with Crippen molar-refractivity contribution in [3.05, 3.63) is 72.3 Å². The molecule has 0 aliphatic rings. The van der Waals surface area contributed by atoms with Gasteiger partial charge in [0.15, 0.2) is 0 Å². The molecule has 4 aromatic rings. The number of fused-ring (bicyclic) bond motifs is 1. The molecule has 0 atom stereocenters. The van der Waals surface area contributed by atoms with Gasteiger partial charge in [0, 0.05) is 25.0 Å². The van der Waals surface area contributed by atoms with E-state index < -0.39 is 17.9 Å². The number of carbonyl (C=O) groups excluding carboxylic acids is 3. The maximum absolute atomic E-state index is 12.0. The number of esters is 3. The van der Waals surface area contributed by atoms with Crippen LogP contribution in [0.3, 0.4) is 0 Å². The zero-order valence-electron chi connectivity index (χ0n) is 18.7. The van der Waals surface area contributed by atoms with Gasteiger partial charge in [-0.1, -0.05) is 24.3 Å². The number of rotatable bonds is 5. The number of hydrogen-bond acceptors (Lipinski definition) is 8. The minimum atomic E-state index is -0.505. The molecule has 0 spiro atoms. The van der Waals surface area contributed by atoms with Crippen LogP contribution in [0.25, 0.3) is 33.5 Å². The van der Waals surface area contributed by atoms with Gasteiger partial charge in [0.25, 0.3) is 0 Å². The van der Waals surface area contributed by atoms with Crippen molar-refractivity contribution in [1.29, 1.82) is 0 Å². The molecule has 170 valence electrons. The van der Waals surface area contributed by atoms with Gasteiger partial charge in [0.05, 0.1) is 23.7 Å². The van der Waals surface area contributed by atoms with Gasteiger partial charge in [0.1, 0.15) is 22.9 Å². The predicted molar refractivity (Wildman–Crippen MR) is 124 cm³/mol. The van der Waals surface area contributed by atoms with E-state index in [9.17, 15) is 14.4 Å². The molecule has 0 saturated carbocycles. The summed E-state index contributed by atoms with van der Waals surface area (Å²) in [5, 5.41) is 0. The lowest BCUT2D eigenvalue weighted by atomic mass is 10.0. The van der Waals surface area contributed by atoms with Crippen LogP contribution in [0.1, 0.15) is 24.2 Å². The minimum Gasteiger partial charge on any atom is -0.465 e. The molecule has 0 saturated heterocycles. The second-order valence-electron chi connectivity index (χ2n) is 7.30. The summed E-state index contributed by atoms with van der Waals surface area (Å²) in [6.45, 7) is 2.62. The highest BCUT2D eigenvalue weighted by Gasteiger charge is 2.21. The van der Waals surface area contributed by atoms with E-state index in [4.69, 9.17) is 24.2 Å². The van der Waals surface area contributed by atoms with Gasteiger partial charge in [-0.15, -0.1) is 0 Å². The van der Waals surface area contributed by atoms with Gasteiger partial charge in [-0.05, 0) is 42.5 Å². The van der Waals surface area contributed by atoms with Crippen LogP contribution in [0.4, 0.5) is 0 Å². The SMILES string of the molecule is COC(=O)c1ccc2nc(-c3ccccc3OC(C)=O)c(-c3ccccc3OC(C)=O)nc2c1. The van der Waals surface area contributed by atoms with Crippen LogP contribution in [0.2, 0.25) is 0 Å². The molecule has 0 amide bonds. The summed E-state index contributed by atoms with van der Waals surface area (Å²) in [5.41, 5.74) is 3.08. The van der Waals surface area contributed by atoms with Crippen molar-refractivity contribution in [2.75, 3.05) is 7.11 Å². The second kappa shape index (κ2) is 9.50. The van der Waals surface area contributed by atoms with Crippen LogP contribution in [-0.2, 0) is 14.3 Å². The molecular formula is C26H20N2O6. The molecule has 0 bridgehead atoms. The van der Waals surface area contributed by atoms with Crippen LogP contribution in [0, 0.1) is 0 Å². The van der Waals surface area contributed by atoms with Crippen LogP contribution in [-0.4, -0.2) is 35.0 Å². The molecule has 4 rings (SSSR count). The van der Waals surface area contributed by atoms with E-state index in [0.29, 0.717) is 50.6 Å². The van der Waals surface area contributed by atoms with E-state index in [1.54, 1.807) is 66.7 Å². The van der Waals surface area contributed by atoms with Crippen molar-refractivity contribution < 1.29 is 28.6 Å². The molecule has 0 N–H and O–H groups in total. The zero-order valence-corrected chi connectivity index (χ0v) is 18.7. The number of methoxy groups -OCH3 is 1. The standard InChI is InChI=1S/C26H20N2O6/c1-15(29)33-22-10-6-4-8-18(22)24-25(19-9-5-7-11-23(19)34-16(2)30)28-21-14-17(26(31)32-3)12-13-20(21)27-24/h4-14H,1-3H3. The van der Waals surface area contributed by atoms with Gasteiger partial charge in [-0.2, -0.15) is 0 Å². The largest absolute Gasteiger partial charge is 0.465 e. The lowest BCUT2D eigenvalue weighted by molar-refractivity contribution is -0.132. The Labute approximate surface area is 195 Å². The number of para-hydroxylation sites is 2. The van der Waals surface area contributed by atoms with Crippen LogP contribution >= 0.6 is 0 Å². The van der Waals surface area contributed by atoms with E-state index in [2.05, 4.69) is 0 Å². The Balaban J connectivity index is 2.04. The fourth-order valence-corrected chi connectivity index (χ4v) is 3.49. The monoisotopic (exact) mass is 456 g/mol. The normalized spacial score (nSPS) is 10.6. The summed E-state index contributed by atoms with van der Waals surface area (Å²) < 4.78 is 15.6. The molecule has 8 heteroatoms. The van der Waals surface area contributed by atoms with E-state index >= 15 is 0 Å². The van der Waals surface area contributed by atoms with E-state index in [1.165, 1.54) is 21.0 Å². The van der Waals surface area contributed by atoms with Crippen LogP contribution in [0.15, 0.2) is 66.7 Å². The number of ether oxygens (including phenoxy) is 3. The molecule has 3 aromatic carbocycles. The van der Waals surface area contributed by atoms with Gasteiger partial charge in [-0.3, -0.25) is 9.59 Å². The molecule has 0 aliphatic heterocycles. The molecule has 8 nitrogen and oxygen atoms in total. The van der Waals surface area contributed by atoms with Crippen molar-refractivity contribution in [3.63, 3.8) is 0 Å². The Bertz CT molecular complexity index is 1430. The number of hydrogen-bond donors (Lipinski definition) is 0. The van der Waals surface area contributed by atoms with Gasteiger partial charge < -0.3 is 14.2 Å². The second-order valence-corrected chi connectivity index (χ2v) is 7.30. The highest BCUT2D eigenvalue weighted by molar-refractivity contribution is 5.96. The van der Waals surface area contributed by atoms with Crippen LogP contribution in [0.5, 0.6) is 11.5 Å². The molecule has 1 heterocycles. The first kappa shape index (κ1) is 22.6. The fraction of sp³-hybridized carbons (Fsp3) is 0.115. The first-order valence-corrected chi connectivity index (χ1v) is 10.3. The van der Waals surface area contributed by atoms with Crippen molar-refractivity contribution in [3.8, 4) is 34.0 Å². The highest BCUT2D eigenvalue weighted by Crippen LogP contribution is 2.39. The molecule has 0 radical (unpaired) electrons. The lowest BCUT2D eigenvalue weighted by Gasteiger charge is -2.15. The lowest BCUT2D eigenvalue weighted by Crippen LogP contribution is -2.06. The zero-order chi connectivity index (χ0) is 24.2. The summed E-state index contributed by atoms with van der Waals surface area (Å²) in [5.74, 6) is -0.878. The smallest absolute Gasteiger partial charge is 0.337 e. The predicted octanol–water partition coefficient (Wildman–Crippen LogP) is 4.60. The molecule has 0 fully saturated rings. The third kappa shape index (κ3) is 4.61. The van der Waals surface area contributed by atoms with Crippen molar-refractivity contribution in [2.24, 2.45) is 0 Å². The Morgan fingerprint density at radius 3 is 1.68 bits per heavy atom. The third-order valence-corrected chi connectivity index (χ3v) is 4.88. The topological polar surface area (TPSA) is 105 Å².